The van der Waals surface area contributed by atoms with E-state index < -0.39 is 5.82 Å². The summed E-state index contributed by atoms with van der Waals surface area (Å²) in [6.07, 6.45) is 1.42. The molecule has 13 heavy (non-hydrogen) atoms. The van der Waals surface area contributed by atoms with Crippen molar-refractivity contribution in [3.63, 3.8) is 0 Å². The van der Waals surface area contributed by atoms with Crippen molar-refractivity contribution < 1.29 is 8.28 Å². The standard InChI is InChI=1S/C7H3BrF2N2S/c8-5-1-4-3-12(13-10)11-7(4)6(9)2-5/h1-3H. The van der Waals surface area contributed by atoms with Crippen LogP contribution in [0.1, 0.15) is 0 Å². The van der Waals surface area contributed by atoms with Crippen molar-refractivity contribution in [1.82, 2.24) is 9.19 Å². The topological polar surface area (TPSA) is 17.8 Å². The molecule has 6 heteroatoms. The van der Waals surface area contributed by atoms with E-state index in [1.807, 2.05) is 0 Å². The number of rotatable bonds is 1. The van der Waals surface area contributed by atoms with Crippen molar-refractivity contribution in [3.05, 3.63) is 28.6 Å². The molecule has 0 spiro atoms. The number of fused-ring (bicyclic) bond motifs is 1. The predicted octanol–water partition coefficient (Wildman–Crippen LogP) is 3.32. The molecule has 0 aliphatic rings. The van der Waals surface area contributed by atoms with E-state index in [2.05, 4.69) is 21.0 Å². The van der Waals surface area contributed by atoms with Crippen LogP contribution in [0.4, 0.5) is 8.28 Å². The predicted molar refractivity (Wildman–Crippen MR) is 51.5 cm³/mol. The van der Waals surface area contributed by atoms with Crippen LogP contribution in [0.2, 0.25) is 0 Å². The van der Waals surface area contributed by atoms with Crippen molar-refractivity contribution in [3.8, 4) is 0 Å². The van der Waals surface area contributed by atoms with Crippen LogP contribution in [-0.2, 0) is 0 Å². The van der Waals surface area contributed by atoms with Gasteiger partial charge in [0.25, 0.3) is 0 Å². The van der Waals surface area contributed by atoms with Crippen LogP contribution in [0, 0.1) is 5.82 Å². The second-order valence-corrected chi connectivity index (χ2v) is 3.85. The van der Waals surface area contributed by atoms with E-state index in [-0.39, 0.29) is 17.9 Å². The van der Waals surface area contributed by atoms with Crippen molar-refractivity contribution >= 4 is 39.2 Å². The van der Waals surface area contributed by atoms with Crippen LogP contribution in [0.15, 0.2) is 22.8 Å². The van der Waals surface area contributed by atoms with E-state index in [1.165, 1.54) is 12.3 Å². The third-order valence-corrected chi connectivity index (χ3v) is 2.36. The molecule has 0 bridgehead atoms. The molecule has 0 saturated heterocycles. The Balaban J connectivity index is 2.75. The summed E-state index contributed by atoms with van der Waals surface area (Å²) in [6, 6.07) is 2.97. The Morgan fingerprint density at radius 3 is 2.92 bits per heavy atom. The molecule has 0 amide bonds. The highest BCUT2D eigenvalue weighted by molar-refractivity contribution is 9.10. The van der Waals surface area contributed by atoms with Gasteiger partial charge in [-0.1, -0.05) is 15.9 Å². The Labute approximate surface area is 85.5 Å². The molecule has 0 atom stereocenters. The summed E-state index contributed by atoms with van der Waals surface area (Å²) in [5, 5.41) is 4.25. The first-order chi connectivity index (χ1) is 6.20. The number of benzene rings is 1. The first-order valence-electron chi connectivity index (χ1n) is 3.34. The van der Waals surface area contributed by atoms with Crippen LogP contribution < -0.4 is 0 Å². The summed E-state index contributed by atoms with van der Waals surface area (Å²) in [7, 11) is 0. The highest BCUT2D eigenvalue weighted by atomic mass is 79.9. The molecule has 2 nitrogen and oxygen atoms in total. The van der Waals surface area contributed by atoms with Gasteiger partial charge in [-0.25, -0.2) is 4.39 Å². The minimum absolute atomic E-state index is 0.0673. The van der Waals surface area contributed by atoms with Crippen LogP contribution in [0.5, 0.6) is 0 Å². The Kier molecular flexibility index (Phi) is 2.25. The lowest BCUT2D eigenvalue weighted by Crippen LogP contribution is -1.82. The molecule has 1 aromatic heterocycles. The molecule has 2 aromatic rings. The van der Waals surface area contributed by atoms with Crippen molar-refractivity contribution in [2.75, 3.05) is 0 Å². The number of halogens is 3. The molecule has 1 heterocycles. The van der Waals surface area contributed by atoms with Gasteiger partial charge in [0.1, 0.15) is 5.52 Å². The first-order valence-corrected chi connectivity index (χ1v) is 4.81. The summed E-state index contributed by atoms with van der Waals surface area (Å²) in [5.41, 5.74) is 0.174. The Morgan fingerprint density at radius 1 is 1.46 bits per heavy atom. The second-order valence-electron chi connectivity index (χ2n) is 2.43. The first kappa shape index (κ1) is 8.96. The minimum atomic E-state index is -0.461. The Hall–Kier alpha value is -0.620. The van der Waals surface area contributed by atoms with E-state index in [4.69, 9.17) is 0 Å². The maximum absolute atomic E-state index is 13.2. The SMILES string of the molecule is FSn1cc2cc(Br)cc(F)c2n1. The average molecular weight is 265 g/mol. The lowest BCUT2D eigenvalue weighted by atomic mass is 10.2. The van der Waals surface area contributed by atoms with Crippen LogP contribution in [0.25, 0.3) is 10.9 Å². The van der Waals surface area contributed by atoms with Gasteiger partial charge in [0, 0.05) is 16.1 Å². The summed E-state index contributed by atoms with van der Waals surface area (Å²) in [5.74, 6) is -0.461. The quantitative estimate of drug-likeness (QED) is 0.787. The molecule has 0 radical (unpaired) electrons. The van der Waals surface area contributed by atoms with Gasteiger partial charge in [-0.05, 0) is 12.1 Å². The molecular weight excluding hydrogens is 262 g/mol. The van der Waals surface area contributed by atoms with Gasteiger partial charge in [0.05, 0.1) is 0 Å². The fraction of sp³-hybridized carbons (Fsp3) is 0. The molecule has 68 valence electrons. The molecular formula is C7H3BrF2N2S. The summed E-state index contributed by atoms with van der Waals surface area (Å²) < 4.78 is 26.8. The maximum Gasteiger partial charge on any atom is 0.187 e. The third-order valence-electron chi connectivity index (χ3n) is 1.58. The number of nitrogens with zero attached hydrogens (tertiary/aromatic N) is 2. The summed E-state index contributed by atoms with van der Waals surface area (Å²) in [4.78, 5) is 0. The van der Waals surface area contributed by atoms with Gasteiger partial charge in [-0.15, -0.1) is 3.89 Å². The molecule has 0 fully saturated rings. The van der Waals surface area contributed by atoms with Crippen molar-refractivity contribution in [2.45, 2.75) is 0 Å². The highest BCUT2D eigenvalue weighted by Crippen LogP contribution is 2.23. The molecule has 0 aliphatic heterocycles. The van der Waals surface area contributed by atoms with Gasteiger partial charge in [0.15, 0.2) is 18.2 Å². The normalized spacial score (nSPS) is 11.0. The fourth-order valence-corrected chi connectivity index (χ4v) is 1.79. The minimum Gasteiger partial charge on any atom is -0.204 e. The monoisotopic (exact) mass is 264 g/mol. The lowest BCUT2D eigenvalue weighted by Gasteiger charge is -1.91. The average Bonchev–Trinajstić information content (AvgIpc) is 2.47. The maximum atomic E-state index is 13.2. The van der Waals surface area contributed by atoms with Gasteiger partial charge in [-0.3, -0.25) is 0 Å². The fourth-order valence-electron chi connectivity index (χ4n) is 1.07. The number of hydrogen-bond acceptors (Lipinski definition) is 2. The number of aromatic nitrogens is 2. The lowest BCUT2D eigenvalue weighted by molar-refractivity contribution is 0.635. The third kappa shape index (κ3) is 1.55. The largest absolute Gasteiger partial charge is 0.204 e. The van der Waals surface area contributed by atoms with Crippen molar-refractivity contribution in [1.29, 1.82) is 0 Å². The van der Waals surface area contributed by atoms with Gasteiger partial charge in [0.2, 0.25) is 0 Å². The van der Waals surface area contributed by atoms with Gasteiger partial charge < -0.3 is 0 Å². The summed E-state index contributed by atoms with van der Waals surface area (Å²) >= 11 is 3.07. The van der Waals surface area contributed by atoms with Crippen molar-refractivity contribution in [2.24, 2.45) is 0 Å². The van der Waals surface area contributed by atoms with Crippen LogP contribution >= 0.6 is 28.3 Å². The Bertz CT molecular complexity index is 457. The van der Waals surface area contributed by atoms with Gasteiger partial charge in [-0.2, -0.15) is 9.19 Å². The van der Waals surface area contributed by atoms with Gasteiger partial charge >= 0.3 is 0 Å². The van der Waals surface area contributed by atoms with E-state index in [1.54, 1.807) is 6.07 Å². The molecule has 2 rings (SSSR count). The second kappa shape index (κ2) is 3.26. The molecule has 0 aliphatic carbocycles. The van der Waals surface area contributed by atoms with Crippen LogP contribution in [-0.4, -0.2) is 9.19 Å². The van der Waals surface area contributed by atoms with E-state index in [0.717, 1.165) is 4.09 Å². The smallest absolute Gasteiger partial charge is 0.187 e. The molecule has 0 unspecified atom stereocenters. The highest BCUT2D eigenvalue weighted by Gasteiger charge is 2.07. The molecule has 0 saturated carbocycles. The molecule has 0 N–H and O–H groups in total. The number of hydrogen-bond donors (Lipinski definition) is 0. The van der Waals surface area contributed by atoms with E-state index in [9.17, 15) is 8.28 Å². The van der Waals surface area contributed by atoms with Crippen LogP contribution in [0.3, 0.4) is 0 Å². The molecule has 1 aromatic carbocycles. The zero-order chi connectivity index (χ0) is 9.42. The summed E-state index contributed by atoms with van der Waals surface area (Å²) in [6.45, 7) is 0. The Morgan fingerprint density at radius 2 is 2.23 bits per heavy atom. The zero-order valence-electron chi connectivity index (χ0n) is 6.17. The zero-order valence-corrected chi connectivity index (χ0v) is 8.57. The van der Waals surface area contributed by atoms with E-state index in [0.29, 0.717) is 9.86 Å². The van der Waals surface area contributed by atoms with E-state index >= 15 is 0 Å².